The lowest BCUT2D eigenvalue weighted by Crippen LogP contribution is -2.50. The van der Waals surface area contributed by atoms with Crippen molar-refractivity contribution in [2.75, 3.05) is 13.1 Å². The molecule has 0 spiro atoms. The number of aromatic amines is 1. The predicted molar refractivity (Wildman–Crippen MR) is 112 cm³/mol. The second-order valence-corrected chi connectivity index (χ2v) is 7.93. The molecule has 29 heavy (non-hydrogen) atoms. The van der Waals surface area contributed by atoms with E-state index < -0.39 is 0 Å². The molecule has 3 aromatic rings. The summed E-state index contributed by atoms with van der Waals surface area (Å²) in [6, 6.07) is 8.63. The highest BCUT2D eigenvalue weighted by Gasteiger charge is 2.33. The molecule has 5 heterocycles. The van der Waals surface area contributed by atoms with Gasteiger partial charge in [0.15, 0.2) is 0 Å². The van der Waals surface area contributed by atoms with Gasteiger partial charge in [-0.2, -0.15) is 0 Å². The Morgan fingerprint density at radius 1 is 1.31 bits per heavy atom. The number of carboxylic acid groups (broad SMARTS) is 1. The maximum Gasteiger partial charge on any atom is 0.290 e. The minimum Gasteiger partial charge on any atom is -0.483 e. The lowest BCUT2D eigenvalue weighted by atomic mass is 9.83. The molecule has 0 saturated carbocycles. The van der Waals surface area contributed by atoms with E-state index in [1.165, 1.54) is 32.4 Å². The van der Waals surface area contributed by atoms with Crippen LogP contribution in [0.2, 0.25) is 0 Å². The van der Waals surface area contributed by atoms with Crippen LogP contribution in [0.15, 0.2) is 41.5 Å². The summed E-state index contributed by atoms with van der Waals surface area (Å²) in [5.74, 6) is 1.65. The Morgan fingerprint density at radius 2 is 2.07 bits per heavy atom. The molecule has 2 aromatic heterocycles. The lowest BCUT2D eigenvalue weighted by molar-refractivity contribution is -0.122. The van der Waals surface area contributed by atoms with Crippen molar-refractivity contribution in [2.24, 2.45) is 5.92 Å². The SMILES string of the molecule is Cc1cccc2cc(-c3nccn3CC3CC4CCN3CC4)c(=O)[nH]c12.O=CO. The Morgan fingerprint density at radius 3 is 2.76 bits per heavy atom. The van der Waals surface area contributed by atoms with Crippen molar-refractivity contribution >= 4 is 17.4 Å². The van der Waals surface area contributed by atoms with Crippen LogP contribution in [0.1, 0.15) is 24.8 Å². The average molecular weight is 394 g/mol. The number of piperidine rings is 3. The zero-order valence-corrected chi connectivity index (χ0v) is 16.5. The van der Waals surface area contributed by atoms with Gasteiger partial charge in [-0.3, -0.25) is 14.5 Å². The van der Waals surface area contributed by atoms with Gasteiger partial charge < -0.3 is 14.7 Å². The summed E-state index contributed by atoms with van der Waals surface area (Å²) >= 11 is 0. The van der Waals surface area contributed by atoms with Crippen molar-refractivity contribution in [3.8, 4) is 11.4 Å². The minimum atomic E-state index is -0.250. The first kappa shape index (κ1) is 19.4. The van der Waals surface area contributed by atoms with Gasteiger partial charge in [-0.25, -0.2) is 4.98 Å². The van der Waals surface area contributed by atoms with E-state index in [-0.39, 0.29) is 12.0 Å². The van der Waals surface area contributed by atoms with E-state index in [0.717, 1.165) is 34.8 Å². The molecular formula is C22H26N4O3. The van der Waals surface area contributed by atoms with Crippen LogP contribution < -0.4 is 5.56 Å². The fourth-order valence-corrected chi connectivity index (χ4v) is 4.75. The van der Waals surface area contributed by atoms with Gasteiger partial charge in [0.2, 0.25) is 0 Å². The van der Waals surface area contributed by atoms with E-state index in [1.807, 2.05) is 43.6 Å². The number of para-hydroxylation sites is 1. The highest BCUT2D eigenvalue weighted by Crippen LogP contribution is 2.33. The van der Waals surface area contributed by atoms with E-state index in [4.69, 9.17) is 9.90 Å². The molecule has 0 aliphatic carbocycles. The van der Waals surface area contributed by atoms with E-state index in [1.54, 1.807) is 0 Å². The maximum absolute atomic E-state index is 12.7. The quantitative estimate of drug-likeness (QED) is 0.667. The van der Waals surface area contributed by atoms with E-state index in [9.17, 15) is 4.79 Å². The summed E-state index contributed by atoms with van der Waals surface area (Å²) in [5, 5.41) is 7.94. The van der Waals surface area contributed by atoms with Gasteiger partial charge in [-0.15, -0.1) is 0 Å². The van der Waals surface area contributed by atoms with Gasteiger partial charge in [0.25, 0.3) is 12.0 Å². The molecule has 3 aliphatic rings. The summed E-state index contributed by atoms with van der Waals surface area (Å²) in [7, 11) is 0. The first-order valence-corrected chi connectivity index (χ1v) is 10.1. The highest BCUT2D eigenvalue weighted by molar-refractivity contribution is 5.84. The zero-order chi connectivity index (χ0) is 20.4. The second-order valence-electron chi connectivity index (χ2n) is 7.93. The third kappa shape index (κ3) is 3.82. The molecule has 3 fully saturated rings. The molecule has 7 heteroatoms. The molecule has 3 aliphatic heterocycles. The number of benzene rings is 1. The third-order valence-corrected chi connectivity index (χ3v) is 6.22. The number of H-pyrrole nitrogens is 1. The van der Waals surface area contributed by atoms with Gasteiger partial charge in [-0.1, -0.05) is 18.2 Å². The number of aromatic nitrogens is 3. The van der Waals surface area contributed by atoms with Gasteiger partial charge in [-0.05, 0) is 62.2 Å². The minimum absolute atomic E-state index is 0.0651. The molecule has 2 bridgehead atoms. The summed E-state index contributed by atoms with van der Waals surface area (Å²) < 4.78 is 2.16. The number of carbonyl (C=O) groups is 1. The fraction of sp³-hybridized carbons (Fsp3) is 0.409. The number of nitrogens with zero attached hydrogens (tertiary/aromatic N) is 3. The van der Waals surface area contributed by atoms with Crippen LogP contribution in [0, 0.1) is 12.8 Å². The number of rotatable bonds is 3. The number of hydrogen-bond donors (Lipinski definition) is 2. The van der Waals surface area contributed by atoms with Gasteiger partial charge in [0.05, 0.1) is 11.1 Å². The molecule has 1 unspecified atom stereocenters. The number of imidazole rings is 1. The molecule has 6 rings (SSSR count). The monoisotopic (exact) mass is 394 g/mol. The Balaban J connectivity index is 0.000000645. The molecule has 0 radical (unpaired) electrons. The van der Waals surface area contributed by atoms with Crippen molar-refractivity contribution in [3.63, 3.8) is 0 Å². The third-order valence-electron chi connectivity index (χ3n) is 6.22. The highest BCUT2D eigenvalue weighted by atomic mass is 16.3. The van der Waals surface area contributed by atoms with Crippen molar-refractivity contribution in [1.29, 1.82) is 0 Å². The Bertz CT molecular complexity index is 1060. The molecule has 2 N–H and O–H groups in total. The topological polar surface area (TPSA) is 91.2 Å². The van der Waals surface area contributed by atoms with Gasteiger partial charge in [0, 0.05) is 25.0 Å². The van der Waals surface area contributed by atoms with E-state index in [2.05, 4.69) is 19.4 Å². The summed E-state index contributed by atoms with van der Waals surface area (Å²) in [5.41, 5.74) is 2.59. The predicted octanol–water partition coefficient (Wildman–Crippen LogP) is 2.89. The summed E-state index contributed by atoms with van der Waals surface area (Å²) in [6.07, 6.45) is 7.78. The van der Waals surface area contributed by atoms with Crippen molar-refractivity contribution in [1.82, 2.24) is 19.4 Å². The van der Waals surface area contributed by atoms with Crippen LogP contribution in [0.3, 0.4) is 0 Å². The maximum atomic E-state index is 12.7. The second kappa shape index (κ2) is 8.21. The van der Waals surface area contributed by atoms with Crippen molar-refractivity contribution in [3.05, 3.63) is 52.6 Å². The lowest BCUT2D eigenvalue weighted by Gasteiger charge is -2.45. The van der Waals surface area contributed by atoms with Crippen LogP contribution in [0.4, 0.5) is 0 Å². The number of pyridine rings is 1. The Labute approximate surface area is 169 Å². The molecule has 7 nitrogen and oxygen atoms in total. The molecular weight excluding hydrogens is 368 g/mol. The van der Waals surface area contributed by atoms with Crippen molar-refractivity contribution in [2.45, 2.75) is 38.8 Å². The largest absolute Gasteiger partial charge is 0.483 e. The zero-order valence-electron chi connectivity index (χ0n) is 16.5. The molecule has 3 saturated heterocycles. The number of fused-ring (bicyclic) bond motifs is 4. The standard InChI is InChI=1S/C21H24N4O.CH2O2/c1-14-3-2-4-16-12-18(21(26)23-19(14)16)20-22-7-10-25(20)13-17-11-15-5-8-24(17)9-6-15;2-1-3/h2-4,7,10,12,15,17H,5-6,8-9,11,13H2,1H3,(H,23,26);1H,(H,2,3). The number of aryl methyl sites for hydroxylation is 1. The average Bonchev–Trinajstić information content (AvgIpc) is 3.18. The summed E-state index contributed by atoms with van der Waals surface area (Å²) in [6.45, 7) is 5.12. The Hall–Kier alpha value is -2.93. The van der Waals surface area contributed by atoms with E-state index in [0.29, 0.717) is 11.6 Å². The molecule has 0 amide bonds. The fourth-order valence-electron chi connectivity index (χ4n) is 4.75. The van der Waals surface area contributed by atoms with Gasteiger partial charge >= 0.3 is 0 Å². The summed E-state index contributed by atoms with van der Waals surface area (Å²) in [4.78, 5) is 31.3. The first-order chi connectivity index (χ1) is 14.1. The van der Waals surface area contributed by atoms with Gasteiger partial charge in [0.1, 0.15) is 5.82 Å². The van der Waals surface area contributed by atoms with Crippen LogP contribution in [0.25, 0.3) is 22.3 Å². The first-order valence-electron chi connectivity index (χ1n) is 10.1. The van der Waals surface area contributed by atoms with Crippen LogP contribution in [0.5, 0.6) is 0 Å². The smallest absolute Gasteiger partial charge is 0.290 e. The number of hydrogen-bond acceptors (Lipinski definition) is 4. The van der Waals surface area contributed by atoms with Crippen molar-refractivity contribution < 1.29 is 9.90 Å². The normalized spacial score (nSPS) is 22.9. The van der Waals surface area contributed by atoms with Crippen LogP contribution in [-0.4, -0.2) is 50.1 Å². The Kier molecular flexibility index (Phi) is 5.49. The molecule has 152 valence electrons. The van der Waals surface area contributed by atoms with Crippen LogP contribution >= 0.6 is 0 Å². The van der Waals surface area contributed by atoms with Crippen LogP contribution in [-0.2, 0) is 11.3 Å². The molecule has 1 aromatic carbocycles. The van der Waals surface area contributed by atoms with E-state index >= 15 is 0 Å². The molecule has 1 atom stereocenters. The number of nitrogens with one attached hydrogen (secondary N) is 1.